The number of methoxy groups -OCH3 is 1. The summed E-state index contributed by atoms with van der Waals surface area (Å²) in [5.74, 6) is -0.140. The fourth-order valence-corrected chi connectivity index (χ4v) is 1.67. The number of rotatable bonds is 6. The summed E-state index contributed by atoms with van der Waals surface area (Å²) in [5.41, 5.74) is 0.576. The first kappa shape index (κ1) is 15.2. The molecule has 0 heterocycles. The van der Waals surface area contributed by atoms with Gasteiger partial charge in [0.15, 0.2) is 5.78 Å². The number of carbonyl (C=O) groups is 2. The lowest BCUT2D eigenvalue weighted by atomic mass is 10.00. The van der Waals surface area contributed by atoms with Crippen molar-refractivity contribution in [3.63, 3.8) is 0 Å². The highest BCUT2D eigenvalue weighted by Crippen LogP contribution is 2.16. The van der Waals surface area contributed by atoms with Crippen LogP contribution < -0.4 is 4.74 Å². The summed E-state index contributed by atoms with van der Waals surface area (Å²) < 4.78 is 10.1. The Morgan fingerprint density at radius 2 is 1.68 bits per heavy atom. The van der Waals surface area contributed by atoms with E-state index >= 15 is 0 Å². The highest BCUT2D eigenvalue weighted by atomic mass is 16.5. The zero-order chi connectivity index (χ0) is 14.4. The zero-order valence-corrected chi connectivity index (χ0v) is 11.8. The Labute approximate surface area is 113 Å². The highest BCUT2D eigenvalue weighted by molar-refractivity contribution is 5.98. The van der Waals surface area contributed by atoms with Gasteiger partial charge in [0.25, 0.3) is 0 Å². The normalized spacial score (nSPS) is 12.1. The van der Waals surface area contributed by atoms with Crippen LogP contribution in [0.4, 0.5) is 0 Å². The molecule has 1 rings (SSSR count). The molecular weight excluding hydrogens is 244 g/mol. The van der Waals surface area contributed by atoms with E-state index in [0.29, 0.717) is 5.56 Å². The Morgan fingerprint density at radius 1 is 1.11 bits per heavy atom. The molecular formula is C15H20O4. The van der Waals surface area contributed by atoms with Crippen molar-refractivity contribution in [2.24, 2.45) is 5.92 Å². The van der Waals surface area contributed by atoms with E-state index in [0.717, 1.165) is 5.75 Å². The Morgan fingerprint density at radius 3 is 2.16 bits per heavy atom. The van der Waals surface area contributed by atoms with Crippen LogP contribution in [0.15, 0.2) is 24.3 Å². The lowest BCUT2D eigenvalue weighted by Crippen LogP contribution is -2.16. The molecule has 0 spiro atoms. The van der Waals surface area contributed by atoms with Gasteiger partial charge in [-0.3, -0.25) is 9.59 Å². The number of hydrogen-bond acceptors (Lipinski definition) is 4. The maximum absolute atomic E-state index is 12.0. The number of carbonyl (C=O) groups excluding carboxylic acids is 2. The van der Waals surface area contributed by atoms with Crippen molar-refractivity contribution in [3.8, 4) is 5.75 Å². The van der Waals surface area contributed by atoms with Gasteiger partial charge in [0.05, 0.1) is 19.1 Å². The third-order valence-electron chi connectivity index (χ3n) is 2.64. The van der Waals surface area contributed by atoms with E-state index in [9.17, 15) is 9.59 Å². The van der Waals surface area contributed by atoms with Crippen molar-refractivity contribution in [2.75, 3.05) is 7.11 Å². The molecule has 104 valence electrons. The first-order valence-electron chi connectivity index (χ1n) is 6.31. The summed E-state index contributed by atoms with van der Waals surface area (Å²) in [6.07, 6.45) is 0.248. The van der Waals surface area contributed by atoms with Gasteiger partial charge in [-0.2, -0.15) is 0 Å². The lowest BCUT2D eigenvalue weighted by Gasteiger charge is -2.11. The fourth-order valence-electron chi connectivity index (χ4n) is 1.67. The van der Waals surface area contributed by atoms with Crippen LogP contribution in [0.25, 0.3) is 0 Å². The predicted octanol–water partition coefficient (Wildman–Crippen LogP) is 2.86. The van der Waals surface area contributed by atoms with Gasteiger partial charge in [0.1, 0.15) is 5.75 Å². The standard InChI is InChI=1S/C15H20O4/c1-10(2)19-13-7-5-12(6-8-13)14(16)9-11(3)15(17)18-4/h5-8,10-11H,9H2,1-4H3. The van der Waals surface area contributed by atoms with Crippen LogP contribution in [-0.4, -0.2) is 25.0 Å². The summed E-state index contributed by atoms with van der Waals surface area (Å²) >= 11 is 0. The molecule has 0 saturated carbocycles. The molecule has 0 amide bonds. The van der Waals surface area contributed by atoms with Crippen LogP contribution in [0.2, 0.25) is 0 Å². The molecule has 19 heavy (non-hydrogen) atoms. The molecule has 4 nitrogen and oxygen atoms in total. The first-order chi connectivity index (χ1) is 8.93. The third kappa shape index (κ3) is 4.73. The van der Waals surface area contributed by atoms with Gasteiger partial charge in [-0.15, -0.1) is 0 Å². The molecule has 0 saturated heterocycles. The number of benzene rings is 1. The second kappa shape index (κ2) is 6.92. The number of ketones is 1. The molecule has 1 aromatic rings. The summed E-state index contributed by atoms with van der Waals surface area (Å²) in [6.45, 7) is 5.56. The lowest BCUT2D eigenvalue weighted by molar-refractivity contribution is -0.144. The van der Waals surface area contributed by atoms with Crippen LogP contribution >= 0.6 is 0 Å². The van der Waals surface area contributed by atoms with E-state index in [4.69, 9.17) is 4.74 Å². The molecule has 1 aromatic carbocycles. The third-order valence-corrected chi connectivity index (χ3v) is 2.64. The van der Waals surface area contributed by atoms with Gasteiger partial charge in [-0.25, -0.2) is 0 Å². The van der Waals surface area contributed by atoms with Crippen molar-refractivity contribution in [2.45, 2.75) is 33.3 Å². The topological polar surface area (TPSA) is 52.6 Å². The average molecular weight is 264 g/mol. The SMILES string of the molecule is COC(=O)C(C)CC(=O)c1ccc(OC(C)C)cc1. The van der Waals surface area contributed by atoms with Crippen LogP contribution in [0.5, 0.6) is 5.75 Å². The number of ether oxygens (including phenoxy) is 2. The van der Waals surface area contributed by atoms with Crippen molar-refractivity contribution in [1.82, 2.24) is 0 Å². The van der Waals surface area contributed by atoms with Gasteiger partial charge in [-0.05, 0) is 38.1 Å². The molecule has 0 bridgehead atoms. The minimum absolute atomic E-state index is 0.0750. The van der Waals surface area contributed by atoms with Gasteiger partial charge in [0.2, 0.25) is 0 Å². The Kier molecular flexibility index (Phi) is 5.55. The quantitative estimate of drug-likeness (QED) is 0.585. The number of Topliss-reactive ketones (excluding diaryl/α,β-unsaturated/α-hetero) is 1. The second-order valence-corrected chi connectivity index (χ2v) is 4.74. The second-order valence-electron chi connectivity index (χ2n) is 4.74. The van der Waals surface area contributed by atoms with E-state index in [1.165, 1.54) is 7.11 Å². The molecule has 0 aliphatic carbocycles. The smallest absolute Gasteiger partial charge is 0.308 e. The van der Waals surface area contributed by atoms with Crippen LogP contribution in [-0.2, 0) is 9.53 Å². The Hall–Kier alpha value is -1.84. The zero-order valence-electron chi connectivity index (χ0n) is 11.8. The molecule has 1 atom stereocenters. The van der Waals surface area contributed by atoms with Crippen molar-refractivity contribution in [1.29, 1.82) is 0 Å². The minimum Gasteiger partial charge on any atom is -0.491 e. The Balaban J connectivity index is 2.65. The number of hydrogen-bond donors (Lipinski definition) is 0. The van der Waals surface area contributed by atoms with E-state index in [1.54, 1.807) is 31.2 Å². The molecule has 1 unspecified atom stereocenters. The van der Waals surface area contributed by atoms with Crippen molar-refractivity contribution in [3.05, 3.63) is 29.8 Å². The summed E-state index contributed by atoms with van der Waals surface area (Å²) in [4.78, 5) is 23.2. The summed E-state index contributed by atoms with van der Waals surface area (Å²) in [6, 6.07) is 6.94. The average Bonchev–Trinajstić information content (AvgIpc) is 2.37. The highest BCUT2D eigenvalue weighted by Gasteiger charge is 2.18. The minimum atomic E-state index is -0.427. The van der Waals surface area contributed by atoms with E-state index in [2.05, 4.69) is 4.74 Å². The van der Waals surface area contributed by atoms with Gasteiger partial charge >= 0.3 is 5.97 Å². The van der Waals surface area contributed by atoms with Gasteiger partial charge < -0.3 is 9.47 Å². The number of esters is 1. The molecule has 0 aliphatic heterocycles. The van der Waals surface area contributed by atoms with E-state index in [1.807, 2.05) is 13.8 Å². The van der Waals surface area contributed by atoms with E-state index < -0.39 is 5.92 Å². The predicted molar refractivity (Wildman–Crippen MR) is 72.3 cm³/mol. The fraction of sp³-hybridized carbons (Fsp3) is 0.467. The maximum atomic E-state index is 12.0. The summed E-state index contributed by atoms with van der Waals surface area (Å²) in [5, 5.41) is 0. The van der Waals surface area contributed by atoms with Gasteiger partial charge in [0, 0.05) is 12.0 Å². The van der Waals surface area contributed by atoms with E-state index in [-0.39, 0.29) is 24.3 Å². The van der Waals surface area contributed by atoms with Gasteiger partial charge in [-0.1, -0.05) is 6.92 Å². The summed E-state index contributed by atoms with van der Waals surface area (Å²) in [7, 11) is 1.32. The van der Waals surface area contributed by atoms with Crippen molar-refractivity contribution >= 4 is 11.8 Å². The molecule has 0 aliphatic rings. The largest absolute Gasteiger partial charge is 0.491 e. The molecule has 0 radical (unpaired) electrons. The monoisotopic (exact) mass is 264 g/mol. The molecule has 0 N–H and O–H groups in total. The van der Waals surface area contributed by atoms with Crippen LogP contribution in [0.3, 0.4) is 0 Å². The maximum Gasteiger partial charge on any atom is 0.308 e. The molecule has 0 aromatic heterocycles. The molecule has 0 fully saturated rings. The molecule has 4 heteroatoms. The van der Waals surface area contributed by atoms with Crippen LogP contribution in [0, 0.1) is 5.92 Å². The van der Waals surface area contributed by atoms with Crippen LogP contribution in [0.1, 0.15) is 37.6 Å². The first-order valence-corrected chi connectivity index (χ1v) is 6.31. The Bertz CT molecular complexity index is 434. The van der Waals surface area contributed by atoms with Crippen molar-refractivity contribution < 1.29 is 19.1 Å².